The largest absolute Gasteiger partial charge is 0.456 e. The smallest absolute Gasteiger partial charge is 0.271 e. The molecule has 0 radical (unpaired) electrons. The maximum absolute atomic E-state index is 14.9. The molecule has 2 aromatic carbocycles. The van der Waals surface area contributed by atoms with E-state index in [1.807, 2.05) is 0 Å². The van der Waals surface area contributed by atoms with Crippen LogP contribution in [0.1, 0.15) is 83.8 Å². The van der Waals surface area contributed by atoms with E-state index in [4.69, 9.17) is 0 Å². The van der Waals surface area contributed by atoms with Gasteiger partial charge in [0.15, 0.2) is 5.54 Å². The highest BCUT2D eigenvalue weighted by Gasteiger charge is 2.76. The van der Waals surface area contributed by atoms with Gasteiger partial charge < -0.3 is 0 Å². The van der Waals surface area contributed by atoms with E-state index in [0.717, 1.165) is 47.2 Å². The molecule has 0 saturated carbocycles. The van der Waals surface area contributed by atoms with Crippen molar-refractivity contribution in [3.05, 3.63) is 67.8 Å². The standard InChI is InChI=1S/C33H42BrN6O8/c1-22-20-24(14-16-26(22)38(45)46)35-28(41)32(3,4)37(30(35)43)40(19-13-11-9-7-8-10-12-18-34)31(44)36(29(42)33(40,5)6)25-15-17-27(39(47)48)23(2)21-25/h14-17,20-21H,7-13,18-19H2,1-6H3/q+1. The summed E-state index contributed by atoms with van der Waals surface area (Å²) in [5, 5.41) is 25.1. The molecular weight excluding hydrogens is 688 g/mol. The quantitative estimate of drug-likeness (QED) is 0.0482. The Morgan fingerprint density at radius 2 is 1.17 bits per heavy atom. The molecule has 0 bridgehead atoms. The summed E-state index contributed by atoms with van der Waals surface area (Å²) >= 11 is 3.44. The lowest BCUT2D eigenvalue weighted by molar-refractivity contribution is -0.984. The molecule has 2 saturated heterocycles. The molecule has 258 valence electrons. The fourth-order valence-corrected chi connectivity index (χ4v) is 7.23. The number of carbonyl (C=O) groups excluding carboxylic acids is 4. The predicted molar refractivity (Wildman–Crippen MR) is 183 cm³/mol. The van der Waals surface area contributed by atoms with Crippen molar-refractivity contribution in [1.29, 1.82) is 0 Å². The summed E-state index contributed by atoms with van der Waals surface area (Å²) in [6.07, 6.45) is 6.25. The highest BCUT2D eigenvalue weighted by atomic mass is 79.9. The first-order chi connectivity index (χ1) is 22.5. The van der Waals surface area contributed by atoms with Crippen LogP contribution in [-0.4, -0.2) is 66.3 Å². The van der Waals surface area contributed by atoms with Gasteiger partial charge in [-0.3, -0.25) is 29.8 Å². The van der Waals surface area contributed by atoms with Crippen LogP contribution in [0, 0.1) is 34.1 Å². The van der Waals surface area contributed by atoms with Gasteiger partial charge in [-0.2, -0.15) is 4.90 Å². The number of anilines is 2. The molecule has 0 spiro atoms. The number of halogens is 1. The Hall–Kier alpha value is -4.24. The average Bonchev–Trinajstić information content (AvgIpc) is 3.27. The maximum Gasteiger partial charge on any atom is 0.456 e. The van der Waals surface area contributed by atoms with E-state index < -0.39 is 49.4 Å². The first kappa shape index (κ1) is 36.6. The SMILES string of the molecule is Cc1cc(N2C(=O)N([N+]3(CCCCCCCCCBr)C(=O)N(c4ccc([N+](=O)[O-])c(C)c4)C(=O)C3(C)C)C(C)(C)C2=O)ccc1[N+](=O)[O-]. The van der Waals surface area contributed by atoms with E-state index in [1.54, 1.807) is 13.8 Å². The van der Waals surface area contributed by atoms with Crippen LogP contribution in [0.2, 0.25) is 0 Å². The number of urea groups is 2. The summed E-state index contributed by atoms with van der Waals surface area (Å²) in [6.45, 7) is 9.20. The van der Waals surface area contributed by atoms with E-state index in [-0.39, 0.29) is 40.4 Å². The van der Waals surface area contributed by atoms with Crippen LogP contribution in [0.3, 0.4) is 0 Å². The number of quaternary nitrogens is 1. The third-order valence-electron chi connectivity index (χ3n) is 9.51. The minimum Gasteiger partial charge on any atom is -0.271 e. The molecule has 4 rings (SSSR count). The van der Waals surface area contributed by atoms with Crippen molar-refractivity contribution in [2.45, 2.75) is 97.6 Å². The Kier molecular flexibility index (Phi) is 10.4. The number of nitro benzene ring substituents is 2. The third-order valence-corrected chi connectivity index (χ3v) is 10.1. The van der Waals surface area contributed by atoms with Crippen molar-refractivity contribution in [2.75, 3.05) is 21.7 Å². The van der Waals surface area contributed by atoms with Gasteiger partial charge in [0.1, 0.15) is 6.54 Å². The van der Waals surface area contributed by atoms with Crippen molar-refractivity contribution in [1.82, 2.24) is 5.01 Å². The second-order valence-electron chi connectivity index (χ2n) is 13.4. The molecular formula is C33H42BrN6O8+. The Bertz CT molecular complexity index is 1680. The number of alkyl halides is 1. The van der Waals surface area contributed by atoms with Crippen LogP contribution in [0.25, 0.3) is 0 Å². The van der Waals surface area contributed by atoms with E-state index in [9.17, 15) is 39.4 Å². The van der Waals surface area contributed by atoms with Gasteiger partial charge in [0.25, 0.3) is 17.3 Å². The lowest BCUT2D eigenvalue weighted by atomic mass is 9.98. The molecule has 0 aromatic heterocycles. The Labute approximate surface area is 287 Å². The fraction of sp³-hybridized carbons (Fsp3) is 0.515. The summed E-state index contributed by atoms with van der Waals surface area (Å²) in [7, 11) is 0. The van der Waals surface area contributed by atoms with E-state index >= 15 is 0 Å². The van der Waals surface area contributed by atoms with Gasteiger partial charge in [0, 0.05) is 42.4 Å². The fourth-order valence-electron chi connectivity index (χ4n) is 6.83. The van der Waals surface area contributed by atoms with Crippen LogP contribution in [0.15, 0.2) is 36.4 Å². The number of unbranched alkanes of at least 4 members (excludes halogenated alkanes) is 6. The second kappa shape index (κ2) is 13.7. The molecule has 1 unspecified atom stereocenters. The van der Waals surface area contributed by atoms with Crippen molar-refractivity contribution in [3.8, 4) is 0 Å². The minimum atomic E-state index is -1.63. The van der Waals surface area contributed by atoms with Gasteiger partial charge in [-0.1, -0.05) is 41.6 Å². The number of aryl methyl sites for hydroxylation is 2. The third kappa shape index (κ3) is 5.97. The molecule has 2 fully saturated rings. The van der Waals surface area contributed by atoms with Gasteiger partial charge >= 0.3 is 18.0 Å². The summed E-state index contributed by atoms with van der Waals surface area (Å²) in [5.41, 5.74) is -2.87. The number of nitrogens with zero attached hydrogens (tertiary/aromatic N) is 6. The van der Waals surface area contributed by atoms with Crippen molar-refractivity contribution in [2.24, 2.45) is 0 Å². The van der Waals surface area contributed by atoms with Gasteiger partial charge in [0.05, 0.1) is 21.2 Å². The number of amides is 6. The maximum atomic E-state index is 14.9. The van der Waals surface area contributed by atoms with Gasteiger partial charge in [0.2, 0.25) is 5.54 Å². The van der Waals surface area contributed by atoms with E-state index in [0.29, 0.717) is 12.8 Å². The van der Waals surface area contributed by atoms with Crippen molar-refractivity contribution in [3.63, 3.8) is 0 Å². The first-order valence-corrected chi connectivity index (χ1v) is 17.1. The van der Waals surface area contributed by atoms with Crippen LogP contribution >= 0.6 is 15.9 Å². The lowest BCUT2D eigenvalue weighted by Gasteiger charge is -2.47. The molecule has 2 heterocycles. The van der Waals surface area contributed by atoms with Gasteiger partial charge in [-0.15, -0.1) is 9.60 Å². The van der Waals surface area contributed by atoms with Gasteiger partial charge in [-0.25, -0.2) is 14.5 Å². The molecule has 14 nitrogen and oxygen atoms in total. The Morgan fingerprint density at radius 1 is 0.708 bits per heavy atom. The summed E-state index contributed by atoms with van der Waals surface area (Å²) in [5.74, 6) is -1.29. The number of hydrogen-bond acceptors (Lipinski definition) is 8. The molecule has 2 aliphatic rings. The monoisotopic (exact) mass is 729 g/mol. The number of carbonyl (C=O) groups is 4. The lowest BCUT2D eigenvalue weighted by Crippen LogP contribution is -2.75. The zero-order chi connectivity index (χ0) is 35.8. The number of rotatable bonds is 14. The van der Waals surface area contributed by atoms with Gasteiger partial charge in [-0.05, 0) is 71.2 Å². The highest BCUT2D eigenvalue weighted by molar-refractivity contribution is 9.09. The number of hydrogen-bond donors (Lipinski definition) is 0. The van der Waals surface area contributed by atoms with Crippen molar-refractivity contribution >= 4 is 62.6 Å². The van der Waals surface area contributed by atoms with Crippen LogP contribution in [0.4, 0.5) is 32.3 Å². The average molecular weight is 731 g/mol. The normalized spacial score (nSPS) is 20.3. The number of benzene rings is 2. The highest BCUT2D eigenvalue weighted by Crippen LogP contribution is 2.48. The van der Waals surface area contributed by atoms with E-state index in [1.165, 1.54) is 69.1 Å². The summed E-state index contributed by atoms with van der Waals surface area (Å²) in [4.78, 5) is 81.6. The first-order valence-electron chi connectivity index (χ1n) is 16.0. The predicted octanol–water partition coefficient (Wildman–Crippen LogP) is 7.47. The molecule has 1 atom stereocenters. The molecule has 48 heavy (non-hydrogen) atoms. The Balaban J connectivity index is 1.82. The molecule has 0 aliphatic carbocycles. The zero-order valence-electron chi connectivity index (χ0n) is 28.2. The number of imide groups is 2. The second-order valence-corrected chi connectivity index (χ2v) is 14.2. The summed E-state index contributed by atoms with van der Waals surface area (Å²) in [6, 6.07) is 6.26. The summed E-state index contributed by atoms with van der Waals surface area (Å²) < 4.78 is -0.814. The molecule has 2 aromatic rings. The molecule has 6 amide bonds. The van der Waals surface area contributed by atoms with Crippen LogP contribution in [0.5, 0.6) is 0 Å². The Morgan fingerprint density at radius 3 is 1.62 bits per heavy atom. The zero-order valence-corrected chi connectivity index (χ0v) is 29.7. The molecule has 0 N–H and O–H groups in total. The molecule has 15 heteroatoms. The van der Waals surface area contributed by atoms with Crippen LogP contribution < -0.4 is 9.80 Å². The van der Waals surface area contributed by atoms with E-state index in [2.05, 4.69) is 15.9 Å². The molecule has 2 aliphatic heterocycles. The topological polar surface area (TPSA) is 164 Å². The van der Waals surface area contributed by atoms with Crippen LogP contribution in [-0.2, 0) is 9.59 Å². The van der Waals surface area contributed by atoms with Crippen molar-refractivity contribution < 1.29 is 33.6 Å². The minimum absolute atomic E-state index is 0.0248. The number of nitro groups is 2.